The maximum absolute atomic E-state index is 12.1. The Labute approximate surface area is 130 Å². The third kappa shape index (κ3) is 2.32. The topological polar surface area (TPSA) is 69.8 Å². The second-order valence-corrected chi connectivity index (χ2v) is 5.83. The molecule has 1 aliphatic rings. The summed E-state index contributed by atoms with van der Waals surface area (Å²) in [6, 6.07) is 0. The predicted molar refractivity (Wildman–Crippen MR) is 78.4 cm³/mol. The highest BCUT2D eigenvalue weighted by molar-refractivity contribution is 9.10. The lowest BCUT2D eigenvalue weighted by molar-refractivity contribution is -0.113. The van der Waals surface area contributed by atoms with Crippen LogP contribution in [0.1, 0.15) is 0 Å². The lowest BCUT2D eigenvalue weighted by Gasteiger charge is -2.12. The number of allylic oxidation sites excluding steroid dienone is 4. The monoisotopic (exact) mass is 396 g/mol. The first-order valence-corrected chi connectivity index (χ1v) is 7.06. The Morgan fingerprint density at radius 1 is 0.800 bits per heavy atom. The lowest BCUT2D eigenvalue weighted by atomic mass is 10.1. The van der Waals surface area contributed by atoms with Crippen LogP contribution in [0.25, 0.3) is 11.4 Å². The van der Waals surface area contributed by atoms with E-state index in [-0.39, 0.29) is 23.0 Å². The number of rotatable bonds is 2. The molecule has 0 saturated heterocycles. The van der Waals surface area contributed by atoms with Crippen molar-refractivity contribution in [3.63, 3.8) is 0 Å². The Bertz CT molecular complexity index is 719. The van der Waals surface area contributed by atoms with E-state index in [0.717, 1.165) is 8.95 Å². The Hall–Kier alpha value is -1.80. The fourth-order valence-corrected chi connectivity index (χ4v) is 2.33. The molecule has 0 amide bonds. The van der Waals surface area contributed by atoms with E-state index in [2.05, 4.69) is 42.1 Å². The average Bonchev–Trinajstić information content (AvgIpc) is 3.00. The number of nitrogens with zero attached hydrogens (tertiary/aromatic N) is 4. The van der Waals surface area contributed by atoms with E-state index in [1.54, 1.807) is 24.8 Å². The van der Waals surface area contributed by atoms with Crippen LogP contribution < -0.4 is 0 Å². The molecule has 0 aromatic carbocycles. The molecule has 0 fully saturated rings. The third-order valence-corrected chi connectivity index (χ3v) is 3.46. The first-order valence-electron chi connectivity index (χ1n) is 5.48. The van der Waals surface area contributed by atoms with E-state index in [0.29, 0.717) is 0 Å². The Balaban J connectivity index is 1.98. The van der Waals surface area contributed by atoms with Gasteiger partial charge < -0.3 is 0 Å². The van der Waals surface area contributed by atoms with Crippen LogP contribution in [0, 0.1) is 0 Å². The van der Waals surface area contributed by atoms with Gasteiger partial charge in [-0.1, -0.05) is 0 Å². The quantitative estimate of drug-likeness (QED) is 0.728. The molecule has 8 heteroatoms. The maximum atomic E-state index is 12.1. The zero-order valence-corrected chi connectivity index (χ0v) is 13.0. The van der Waals surface area contributed by atoms with Crippen molar-refractivity contribution in [1.29, 1.82) is 0 Å². The SMILES string of the molecule is O=C1C=C(n2cc(Br)cn2)C(=O)C=C1n1cc(Br)cn1. The summed E-state index contributed by atoms with van der Waals surface area (Å²) in [6.45, 7) is 0. The first-order chi connectivity index (χ1) is 9.54. The molecule has 0 unspecified atom stereocenters. The Kier molecular flexibility index (Phi) is 3.27. The van der Waals surface area contributed by atoms with Gasteiger partial charge in [-0.05, 0) is 31.9 Å². The van der Waals surface area contributed by atoms with Gasteiger partial charge in [0.1, 0.15) is 11.4 Å². The van der Waals surface area contributed by atoms with Crippen LogP contribution >= 0.6 is 31.9 Å². The van der Waals surface area contributed by atoms with Crippen molar-refractivity contribution in [2.75, 3.05) is 0 Å². The summed E-state index contributed by atoms with van der Waals surface area (Å²) in [7, 11) is 0. The molecule has 2 heterocycles. The van der Waals surface area contributed by atoms with Crippen LogP contribution in [-0.2, 0) is 9.59 Å². The van der Waals surface area contributed by atoms with Gasteiger partial charge in [0.15, 0.2) is 0 Å². The fourth-order valence-electron chi connectivity index (χ4n) is 1.76. The van der Waals surface area contributed by atoms with Crippen molar-refractivity contribution < 1.29 is 9.59 Å². The van der Waals surface area contributed by atoms with E-state index in [1.165, 1.54) is 21.5 Å². The fraction of sp³-hybridized carbons (Fsp3) is 0. The minimum atomic E-state index is -0.304. The first kappa shape index (κ1) is 13.2. The third-order valence-electron chi connectivity index (χ3n) is 2.64. The van der Waals surface area contributed by atoms with Gasteiger partial charge in [-0.25, -0.2) is 9.36 Å². The number of carbonyl (C=O) groups excluding carboxylic acids is 2. The summed E-state index contributed by atoms with van der Waals surface area (Å²) in [6.07, 6.45) is 8.82. The molecular weight excluding hydrogens is 392 g/mol. The normalized spacial score (nSPS) is 15.3. The van der Waals surface area contributed by atoms with Crippen molar-refractivity contribution in [3.8, 4) is 0 Å². The molecule has 0 radical (unpaired) electrons. The molecule has 1 aliphatic carbocycles. The van der Waals surface area contributed by atoms with Crippen LogP contribution in [0.3, 0.4) is 0 Å². The zero-order valence-electron chi connectivity index (χ0n) is 9.83. The van der Waals surface area contributed by atoms with E-state index >= 15 is 0 Å². The highest BCUT2D eigenvalue weighted by Gasteiger charge is 2.23. The van der Waals surface area contributed by atoms with Crippen LogP contribution in [0.2, 0.25) is 0 Å². The molecule has 2 aromatic heterocycles. The maximum Gasteiger partial charge on any atom is 0.206 e. The molecule has 0 N–H and O–H groups in total. The highest BCUT2D eigenvalue weighted by atomic mass is 79.9. The van der Waals surface area contributed by atoms with Crippen molar-refractivity contribution >= 4 is 54.8 Å². The summed E-state index contributed by atoms with van der Waals surface area (Å²) >= 11 is 6.49. The van der Waals surface area contributed by atoms with Crippen molar-refractivity contribution in [2.24, 2.45) is 0 Å². The molecule has 0 spiro atoms. The van der Waals surface area contributed by atoms with Gasteiger partial charge in [0, 0.05) is 24.5 Å². The molecule has 0 atom stereocenters. The molecule has 0 bridgehead atoms. The molecule has 0 aliphatic heterocycles. The van der Waals surface area contributed by atoms with Gasteiger partial charge in [-0.2, -0.15) is 10.2 Å². The second-order valence-electron chi connectivity index (χ2n) is 3.99. The number of hydrogen-bond acceptors (Lipinski definition) is 4. The van der Waals surface area contributed by atoms with Crippen molar-refractivity contribution in [2.45, 2.75) is 0 Å². The van der Waals surface area contributed by atoms with Gasteiger partial charge in [0.05, 0.1) is 21.3 Å². The van der Waals surface area contributed by atoms with Crippen LogP contribution in [0.4, 0.5) is 0 Å². The average molecular weight is 398 g/mol. The number of ketones is 2. The summed E-state index contributed by atoms with van der Waals surface area (Å²) in [4.78, 5) is 24.2. The van der Waals surface area contributed by atoms with E-state index < -0.39 is 0 Å². The number of halogens is 2. The highest BCUT2D eigenvalue weighted by Crippen LogP contribution is 2.21. The van der Waals surface area contributed by atoms with E-state index in [9.17, 15) is 9.59 Å². The van der Waals surface area contributed by atoms with Gasteiger partial charge in [0.25, 0.3) is 0 Å². The smallest absolute Gasteiger partial charge is 0.206 e. The minimum Gasteiger partial charge on any atom is -0.287 e. The molecule has 2 aromatic rings. The van der Waals surface area contributed by atoms with Gasteiger partial charge >= 0.3 is 0 Å². The lowest BCUT2D eigenvalue weighted by Crippen LogP contribution is -2.19. The predicted octanol–water partition coefficient (Wildman–Crippen LogP) is 2.14. The van der Waals surface area contributed by atoms with Crippen LogP contribution in [-0.4, -0.2) is 31.1 Å². The molecule has 20 heavy (non-hydrogen) atoms. The standard InChI is InChI=1S/C12H6Br2N4O2/c13-7-3-15-17(5-7)9-1-11(19)10(2-12(9)20)18-6-8(14)4-16-18/h1-6H. The van der Waals surface area contributed by atoms with Crippen molar-refractivity contribution in [1.82, 2.24) is 19.6 Å². The molecule has 3 rings (SSSR count). The number of carbonyl (C=O) groups is 2. The Morgan fingerprint density at radius 2 is 1.20 bits per heavy atom. The van der Waals surface area contributed by atoms with Gasteiger partial charge in [-0.15, -0.1) is 0 Å². The van der Waals surface area contributed by atoms with E-state index in [1.807, 2.05) is 0 Å². The van der Waals surface area contributed by atoms with Gasteiger partial charge in [-0.3, -0.25) is 9.59 Å². The van der Waals surface area contributed by atoms with E-state index in [4.69, 9.17) is 0 Å². The molecule has 100 valence electrons. The number of hydrogen-bond donors (Lipinski definition) is 0. The zero-order chi connectivity index (χ0) is 14.3. The molecule has 6 nitrogen and oxygen atoms in total. The van der Waals surface area contributed by atoms with Crippen molar-refractivity contribution in [3.05, 3.63) is 45.9 Å². The summed E-state index contributed by atoms with van der Waals surface area (Å²) < 4.78 is 4.17. The molecule has 0 saturated carbocycles. The number of aromatic nitrogens is 4. The Morgan fingerprint density at radius 3 is 1.50 bits per heavy atom. The van der Waals surface area contributed by atoms with Gasteiger partial charge in [0.2, 0.25) is 11.6 Å². The van der Waals surface area contributed by atoms with Crippen LogP contribution in [0.5, 0.6) is 0 Å². The minimum absolute atomic E-state index is 0.204. The van der Waals surface area contributed by atoms with Crippen LogP contribution in [0.15, 0.2) is 45.9 Å². The summed E-state index contributed by atoms with van der Waals surface area (Å²) in [5.41, 5.74) is 0.409. The summed E-state index contributed by atoms with van der Waals surface area (Å²) in [5, 5.41) is 7.99. The molecular formula is C12H6Br2N4O2. The summed E-state index contributed by atoms with van der Waals surface area (Å²) in [5.74, 6) is -0.608. The largest absolute Gasteiger partial charge is 0.287 e. The second kappa shape index (κ2) is 4.95.